The third-order valence-electron chi connectivity index (χ3n) is 10.00. The van der Waals surface area contributed by atoms with Gasteiger partial charge in [0, 0.05) is 38.2 Å². The van der Waals surface area contributed by atoms with Gasteiger partial charge in [0.25, 0.3) is 0 Å². The lowest BCUT2D eigenvalue weighted by Crippen LogP contribution is -2.59. The molecule has 0 unspecified atom stereocenters. The minimum atomic E-state index is -0.898. The highest BCUT2D eigenvalue weighted by atomic mass is 16.7. The van der Waals surface area contributed by atoms with E-state index in [1.54, 1.807) is 37.3 Å². The van der Waals surface area contributed by atoms with Gasteiger partial charge in [0.05, 0.1) is 37.1 Å². The van der Waals surface area contributed by atoms with Gasteiger partial charge in [0.15, 0.2) is 18.2 Å². The molecule has 3 aliphatic rings. The quantitative estimate of drug-likeness (QED) is 0.157. The molecule has 3 rings (SSSR count). The summed E-state index contributed by atoms with van der Waals surface area (Å²) in [6.07, 6.45) is 5.58. The molecule has 12 heteroatoms. The van der Waals surface area contributed by atoms with Crippen molar-refractivity contribution in [1.82, 2.24) is 4.90 Å². The van der Waals surface area contributed by atoms with Crippen LogP contribution in [0.5, 0.6) is 0 Å². The highest BCUT2D eigenvalue weighted by Crippen LogP contribution is 2.31. The van der Waals surface area contributed by atoms with Crippen molar-refractivity contribution in [2.75, 3.05) is 34.9 Å². The van der Waals surface area contributed by atoms with Crippen LogP contribution in [0.4, 0.5) is 0 Å². The molecule has 0 aromatic carbocycles. The summed E-state index contributed by atoms with van der Waals surface area (Å²) in [5.41, 5.74) is 0. The van der Waals surface area contributed by atoms with Gasteiger partial charge in [0.2, 0.25) is 0 Å². The summed E-state index contributed by atoms with van der Waals surface area (Å²) in [5.74, 6) is -0.957. The van der Waals surface area contributed by atoms with Gasteiger partial charge in [-0.1, -0.05) is 52.0 Å². The van der Waals surface area contributed by atoms with Crippen molar-refractivity contribution in [2.24, 2.45) is 17.8 Å². The molecule has 3 heterocycles. The van der Waals surface area contributed by atoms with E-state index in [9.17, 15) is 19.8 Å². The minimum Gasteiger partial charge on any atom is -0.454 e. The first kappa shape index (κ1) is 41.4. The predicted molar refractivity (Wildman–Crippen MR) is 184 cm³/mol. The van der Waals surface area contributed by atoms with Crippen molar-refractivity contribution in [1.29, 1.82) is 0 Å². The number of allylic oxidation sites excluding steroid dienone is 3. The smallest absolute Gasteiger partial charge is 0.330 e. The molecule has 2 fully saturated rings. The monoisotopic (exact) mass is 695 g/mol. The van der Waals surface area contributed by atoms with E-state index in [1.807, 2.05) is 46.7 Å². The molecule has 0 amide bonds. The van der Waals surface area contributed by atoms with Crippen molar-refractivity contribution in [3.8, 4) is 0 Å². The number of carbonyl (C=O) groups excluding carboxylic acids is 2. The van der Waals surface area contributed by atoms with Crippen LogP contribution in [-0.2, 0) is 42.7 Å². The number of esters is 1. The highest BCUT2D eigenvalue weighted by Gasteiger charge is 2.46. The van der Waals surface area contributed by atoms with E-state index in [2.05, 4.69) is 6.92 Å². The number of rotatable bonds is 14. The summed E-state index contributed by atoms with van der Waals surface area (Å²) in [6.45, 7) is 11.6. The molecular formula is C37H61NO11. The van der Waals surface area contributed by atoms with Gasteiger partial charge in [-0.05, 0) is 59.2 Å². The largest absolute Gasteiger partial charge is 0.454 e. The van der Waals surface area contributed by atoms with Crippen molar-refractivity contribution < 1.29 is 53.0 Å². The molecule has 0 aromatic rings. The van der Waals surface area contributed by atoms with E-state index in [-0.39, 0.29) is 48.4 Å². The standard InChI is InChI=1S/C37H61NO11/c1-11-28-30(20-45-37-36(44-10)35(43-9)32(41)25(6)47-37)48-31(40)17-16-21(2)34(49-28)23(4)18-22(3)27(39)14-12-13-15-29-33(42)26(38(7)8)19-24(5)46-29/h12-17,21-26,28-30,32-37,41-42H,11,18-20H2,1-10H3/b14-12+,15-13?,17-16+/t21-,22+,23-,24+,25+,26-,28+,29-,30+,32+,33+,34+,35+,36+,37+/m0/s1. The van der Waals surface area contributed by atoms with Gasteiger partial charge in [-0.15, -0.1) is 0 Å². The Labute approximate surface area is 292 Å². The van der Waals surface area contributed by atoms with Crippen LogP contribution in [0.1, 0.15) is 60.8 Å². The number of nitrogens with zero attached hydrogens (tertiary/aromatic N) is 1. The number of ketones is 1. The van der Waals surface area contributed by atoms with Gasteiger partial charge >= 0.3 is 5.97 Å². The zero-order valence-corrected chi connectivity index (χ0v) is 31.0. The van der Waals surface area contributed by atoms with E-state index in [4.69, 9.17) is 33.2 Å². The van der Waals surface area contributed by atoms with Crippen LogP contribution in [-0.4, -0.2) is 135 Å². The topological polar surface area (TPSA) is 142 Å². The fourth-order valence-electron chi connectivity index (χ4n) is 7.07. The Kier molecular flexibility index (Phi) is 16.5. The Hall–Kier alpha value is -2.00. The van der Waals surface area contributed by atoms with Crippen LogP contribution in [0.3, 0.4) is 0 Å². The number of likely N-dealkylation sites (N-methyl/N-ethyl adjacent to an activating group) is 1. The maximum Gasteiger partial charge on any atom is 0.330 e. The molecule has 49 heavy (non-hydrogen) atoms. The first-order chi connectivity index (χ1) is 23.2. The van der Waals surface area contributed by atoms with Gasteiger partial charge in [-0.3, -0.25) is 4.79 Å². The Bertz CT molecular complexity index is 1130. The Morgan fingerprint density at radius 2 is 1.71 bits per heavy atom. The molecule has 2 saturated heterocycles. The average molecular weight is 696 g/mol. The van der Waals surface area contributed by atoms with E-state index in [0.717, 1.165) is 6.42 Å². The summed E-state index contributed by atoms with van der Waals surface area (Å²) >= 11 is 0. The molecule has 12 nitrogen and oxygen atoms in total. The lowest BCUT2D eigenvalue weighted by molar-refractivity contribution is -0.307. The van der Waals surface area contributed by atoms with Gasteiger partial charge < -0.3 is 48.3 Å². The molecule has 2 N–H and O–H groups in total. The van der Waals surface area contributed by atoms with Gasteiger partial charge in [0.1, 0.15) is 24.4 Å². The average Bonchev–Trinajstić information content (AvgIpc) is 3.11. The minimum absolute atomic E-state index is 0.00116. The molecule has 15 atom stereocenters. The fourth-order valence-corrected chi connectivity index (χ4v) is 7.07. The molecule has 3 aliphatic heterocycles. The molecule has 0 saturated carbocycles. The Morgan fingerprint density at radius 1 is 1.02 bits per heavy atom. The summed E-state index contributed by atoms with van der Waals surface area (Å²) in [4.78, 5) is 28.0. The van der Waals surface area contributed by atoms with Crippen molar-refractivity contribution in [2.45, 2.75) is 134 Å². The number of hydrogen-bond donors (Lipinski definition) is 2. The van der Waals surface area contributed by atoms with Crippen LogP contribution in [0.25, 0.3) is 0 Å². The van der Waals surface area contributed by atoms with Crippen molar-refractivity contribution in [3.05, 3.63) is 36.5 Å². The number of ether oxygens (including phenoxy) is 7. The molecule has 0 aromatic heterocycles. The van der Waals surface area contributed by atoms with Crippen molar-refractivity contribution in [3.63, 3.8) is 0 Å². The number of aliphatic hydroxyl groups is 2. The third kappa shape index (κ3) is 11.2. The van der Waals surface area contributed by atoms with E-state index < -0.39 is 61.1 Å². The molecule has 0 bridgehead atoms. The third-order valence-corrected chi connectivity index (χ3v) is 10.00. The number of methoxy groups -OCH3 is 2. The second-order valence-corrected chi connectivity index (χ2v) is 14.1. The van der Waals surface area contributed by atoms with Crippen LogP contribution in [0.15, 0.2) is 36.5 Å². The lowest BCUT2D eigenvalue weighted by atomic mass is 9.84. The maximum atomic E-state index is 13.1. The van der Waals surface area contributed by atoms with Crippen LogP contribution >= 0.6 is 0 Å². The number of carbonyl (C=O) groups is 2. The predicted octanol–water partition coefficient (Wildman–Crippen LogP) is 3.23. The zero-order chi connectivity index (χ0) is 36.4. The normalized spacial score (nSPS) is 39.7. The number of cyclic esters (lactones) is 1. The second-order valence-electron chi connectivity index (χ2n) is 14.1. The van der Waals surface area contributed by atoms with Gasteiger partial charge in [-0.25, -0.2) is 4.79 Å². The summed E-state index contributed by atoms with van der Waals surface area (Å²) in [7, 11) is 6.89. The first-order valence-electron chi connectivity index (χ1n) is 17.7. The zero-order valence-electron chi connectivity index (χ0n) is 31.0. The van der Waals surface area contributed by atoms with Gasteiger partial charge in [-0.2, -0.15) is 0 Å². The maximum absolute atomic E-state index is 13.1. The summed E-state index contributed by atoms with van der Waals surface area (Å²) in [6, 6.07) is -0.00116. The first-order valence-corrected chi connectivity index (χ1v) is 17.7. The molecule has 0 aliphatic carbocycles. The van der Waals surface area contributed by atoms with E-state index in [0.29, 0.717) is 12.8 Å². The highest BCUT2D eigenvalue weighted by molar-refractivity contribution is 5.91. The van der Waals surface area contributed by atoms with Crippen LogP contribution in [0, 0.1) is 17.8 Å². The Morgan fingerprint density at radius 3 is 2.35 bits per heavy atom. The van der Waals surface area contributed by atoms with E-state index in [1.165, 1.54) is 20.3 Å². The summed E-state index contributed by atoms with van der Waals surface area (Å²) < 4.78 is 41.5. The molecule has 280 valence electrons. The fraction of sp³-hybridized carbons (Fsp3) is 0.784. The molecule has 0 spiro atoms. The molecular weight excluding hydrogens is 634 g/mol. The van der Waals surface area contributed by atoms with E-state index >= 15 is 0 Å². The molecule has 0 radical (unpaired) electrons. The SMILES string of the molecule is CC[C@H]1O[C@@H]([C@@H](C)C[C@@H](C)C(=O)/C=C/C=C[C@@H]2O[C@H](C)C[C@H](N(C)C)[C@H]2O)[C@@H](C)/C=C/C(=O)O[C@@H]1CO[C@@H]1O[C@H](C)[C@@H](O)[C@@H](OC)[C@H]1OC. The van der Waals surface area contributed by atoms with Crippen LogP contribution < -0.4 is 0 Å². The number of aliphatic hydroxyl groups excluding tert-OH is 2. The summed E-state index contributed by atoms with van der Waals surface area (Å²) in [5, 5.41) is 21.3. The number of hydrogen-bond acceptors (Lipinski definition) is 12. The lowest BCUT2D eigenvalue weighted by Gasteiger charge is -2.42. The van der Waals surface area contributed by atoms with Crippen LogP contribution in [0.2, 0.25) is 0 Å². The van der Waals surface area contributed by atoms with Crippen molar-refractivity contribution >= 4 is 11.8 Å². The second kappa shape index (κ2) is 19.6. The Balaban J connectivity index is 1.64.